The Labute approximate surface area is 112 Å². The van der Waals surface area contributed by atoms with Gasteiger partial charge in [-0.15, -0.1) is 0 Å². The van der Waals surface area contributed by atoms with Crippen LogP contribution < -0.4 is 9.88 Å². The Morgan fingerprint density at radius 1 is 1.47 bits per heavy atom. The van der Waals surface area contributed by atoms with E-state index in [2.05, 4.69) is 16.0 Å². The zero-order chi connectivity index (χ0) is 13.8. The van der Waals surface area contributed by atoms with Gasteiger partial charge in [-0.25, -0.2) is 9.13 Å². The van der Waals surface area contributed by atoms with Gasteiger partial charge in [-0.05, 0) is 19.1 Å². The quantitative estimate of drug-likeness (QED) is 0.764. The number of aliphatic hydroxyl groups excluding tert-OH is 1. The summed E-state index contributed by atoms with van der Waals surface area (Å²) >= 11 is 0. The number of aromatic nitrogens is 2. The summed E-state index contributed by atoms with van der Waals surface area (Å²) in [5, 5.41) is 11.6. The van der Waals surface area contributed by atoms with Crippen LogP contribution in [-0.2, 0) is 18.4 Å². The van der Waals surface area contributed by atoms with Gasteiger partial charge in [0.1, 0.15) is 0 Å². The lowest BCUT2D eigenvalue weighted by molar-refractivity contribution is -0.645. The minimum Gasteiger partial charge on any atom is -0.394 e. The van der Waals surface area contributed by atoms with E-state index in [1.165, 1.54) is 0 Å². The van der Waals surface area contributed by atoms with Gasteiger partial charge in [0.2, 0.25) is 12.2 Å². The van der Waals surface area contributed by atoms with E-state index >= 15 is 0 Å². The first-order chi connectivity index (χ1) is 9.11. The summed E-state index contributed by atoms with van der Waals surface area (Å²) in [6.07, 6.45) is 2.40. The minimum absolute atomic E-state index is 0.0346. The zero-order valence-corrected chi connectivity index (χ0v) is 11.3. The molecule has 0 aliphatic rings. The highest BCUT2D eigenvalue weighted by Crippen LogP contribution is 2.10. The highest BCUT2D eigenvalue weighted by atomic mass is 16.3. The molecule has 19 heavy (non-hydrogen) atoms. The first kappa shape index (κ1) is 13.5. The van der Waals surface area contributed by atoms with E-state index in [9.17, 15) is 4.79 Å². The molecule has 2 rings (SSSR count). The van der Waals surface area contributed by atoms with Gasteiger partial charge in [-0.3, -0.25) is 4.79 Å². The first-order valence-corrected chi connectivity index (χ1v) is 6.45. The standard InChI is InChI=1S/C14H19N3O2/c1-11(9-18)15-14(19)7-8-17-10-16(2)12-5-3-4-6-13(12)17/h3-6,10-11,18H,7-9H2,1-2H3/p+1. The van der Waals surface area contributed by atoms with Crippen molar-refractivity contribution in [2.75, 3.05) is 6.61 Å². The molecule has 0 fully saturated rings. The van der Waals surface area contributed by atoms with E-state index in [-0.39, 0.29) is 18.6 Å². The SMILES string of the molecule is CC(CO)NC(=O)CCn1c[n+](C)c2ccccc21. The van der Waals surface area contributed by atoms with Crippen LogP contribution in [0.1, 0.15) is 13.3 Å². The molecule has 1 atom stereocenters. The molecule has 1 heterocycles. The number of rotatable bonds is 5. The molecule has 0 aliphatic carbocycles. The lowest BCUT2D eigenvalue weighted by Gasteiger charge is -2.09. The number of hydrogen-bond donors (Lipinski definition) is 2. The van der Waals surface area contributed by atoms with Gasteiger partial charge in [-0.1, -0.05) is 12.1 Å². The third kappa shape index (κ3) is 3.12. The van der Waals surface area contributed by atoms with E-state index in [0.717, 1.165) is 11.0 Å². The number of hydrogen-bond acceptors (Lipinski definition) is 2. The fourth-order valence-corrected chi connectivity index (χ4v) is 2.13. The van der Waals surface area contributed by atoms with Crippen LogP contribution in [0.4, 0.5) is 0 Å². The molecule has 1 amide bonds. The van der Waals surface area contributed by atoms with Gasteiger partial charge >= 0.3 is 0 Å². The second-order valence-electron chi connectivity index (χ2n) is 4.81. The average Bonchev–Trinajstić information content (AvgIpc) is 2.74. The van der Waals surface area contributed by atoms with E-state index < -0.39 is 0 Å². The molecule has 0 saturated carbocycles. The Bertz CT molecular complexity index is 577. The van der Waals surface area contributed by atoms with Crippen molar-refractivity contribution in [1.82, 2.24) is 9.88 Å². The van der Waals surface area contributed by atoms with Crippen LogP contribution in [0.3, 0.4) is 0 Å². The maximum Gasteiger partial charge on any atom is 0.244 e. The molecule has 1 unspecified atom stereocenters. The number of benzene rings is 1. The van der Waals surface area contributed by atoms with Crippen LogP contribution in [-0.4, -0.2) is 28.2 Å². The largest absolute Gasteiger partial charge is 0.394 e. The predicted octanol–water partition coefficient (Wildman–Crippen LogP) is 0.353. The van der Waals surface area contributed by atoms with Crippen molar-refractivity contribution in [3.63, 3.8) is 0 Å². The first-order valence-electron chi connectivity index (χ1n) is 6.45. The number of fused-ring (bicyclic) bond motifs is 1. The summed E-state index contributed by atoms with van der Waals surface area (Å²) in [5.74, 6) is -0.0398. The number of carbonyl (C=O) groups is 1. The molecular weight excluding hydrogens is 242 g/mol. The van der Waals surface area contributed by atoms with Gasteiger partial charge < -0.3 is 10.4 Å². The fraction of sp³-hybridized carbons (Fsp3) is 0.429. The summed E-state index contributed by atoms with van der Waals surface area (Å²) < 4.78 is 4.11. The molecule has 1 aromatic carbocycles. The molecule has 0 aliphatic heterocycles. The Balaban J connectivity index is 2.04. The third-order valence-electron chi connectivity index (χ3n) is 3.14. The second kappa shape index (κ2) is 5.84. The Kier molecular flexibility index (Phi) is 4.16. The van der Waals surface area contributed by atoms with Crippen molar-refractivity contribution in [2.24, 2.45) is 7.05 Å². The van der Waals surface area contributed by atoms with Crippen molar-refractivity contribution in [3.05, 3.63) is 30.6 Å². The molecular formula is C14H20N3O2+. The number of nitrogens with one attached hydrogen (secondary N) is 1. The summed E-state index contributed by atoms with van der Waals surface area (Å²) in [6, 6.07) is 7.91. The van der Waals surface area contributed by atoms with E-state index in [1.807, 2.05) is 36.1 Å². The van der Waals surface area contributed by atoms with Gasteiger partial charge in [0.25, 0.3) is 0 Å². The molecule has 0 bridgehead atoms. The van der Waals surface area contributed by atoms with Crippen LogP contribution >= 0.6 is 0 Å². The predicted molar refractivity (Wildman–Crippen MR) is 72.4 cm³/mol. The molecule has 0 radical (unpaired) electrons. The molecule has 5 heteroatoms. The molecule has 2 N–H and O–H groups in total. The summed E-state index contributed by atoms with van der Waals surface area (Å²) in [7, 11) is 1.99. The highest BCUT2D eigenvalue weighted by molar-refractivity contribution is 5.76. The van der Waals surface area contributed by atoms with Crippen molar-refractivity contribution in [1.29, 1.82) is 0 Å². The van der Waals surface area contributed by atoms with Crippen molar-refractivity contribution in [3.8, 4) is 0 Å². The minimum atomic E-state index is -0.190. The maximum absolute atomic E-state index is 11.7. The molecule has 1 aromatic heterocycles. The van der Waals surface area contributed by atoms with Crippen molar-refractivity contribution < 1.29 is 14.5 Å². The van der Waals surface area contributed by atoms with Crippen LogP contribution in [0, 0.1) is 0 Å². The maximum atomic E-state index is 11.7. The Hall–Kier alpha value is -1.88. The second-order valence-corrected chi connectivity index (χ2v) is 4.81. The Morgan fingerprint density at radius 3 is 2.95 bits per heavy atom. The normalized spacial score (nSPS) is 12.6. The summed E-state index contributed by atoms with van der Waals surface area (Å²) in [5.41, 5.74) is 2.26. The van der Waals surface area contributed by atoms with Gasteiger partial charge in [0.05, 0.1) is 26.6 Å². The van der Waals surface area contributed by atoms with Crippen molar-refractivity contribution in [2.45, 2.75) is 25.9 Å². The number of nitrogens with zero attached hydrogens (tertiary/aromatic N) is 2. The number of carbonyl (C=O) groups excluding carboxylic acids is 1. The summed E-state index contributed by atoms with van der Waals surface area (Å²) in [6.45, 7) is 2.38. The van der Waals surface area contributed by atoms with Crippen LogP contribution in [0.5, 0.6) is 0 Å². The van der Waals surface area contributed by atoms with Crippen LogP contribution in [0.25, 0.3) is 11.0 Å². The highest BCUT2D eigenvalue weighted by Gasteiger charge is 2.14. The van der Waals surface area contributed by atoms with Crippen molar-refractivity contribution >= 4 is 16.9 Å². The van der Waals surface area contributed by atoms with Gasteiger partial charge in [-0.2, -0.15) is 0 Å². The zero-order valence-electron chi connectivity index (χ0n) is 11.3. The van der Waals surface area contributed by atoms with Gasteiger partial charge in [0, 0.05) is 6.04 Å². The Morgan fingerprint density at radius 2 is 2.21 bits per heavy atom. The van der Waals surface area contributed by atoms with Gasteiger partial charge in [0.15, 0.2) is 11.0 Å². The number of aryl methyl sites for hydroxylation is 2. The number of amides is 1. The van der Waals surface area contributed by atoms with E-state index in [0.29, 0.717) is 13.0 Å². The van der Waals surface area contributed by atoms with E-state index in [1.54, 1.807) is 6.92 Å². The molecule has 5 nitrogen and oxygen atoms in total. The lowest BCUT2D eigenvalue weighted by atomic mass is 10.3. The number of aliphatic hydroxyl groups is 1. The molecule has 0 saturated heterocycles. The molecule has 102 valence electrons. The average molecular weight is 262 g/mol. The summed E-state index contributed by atoms with van der Waals surface area (Å²) in [4.78, 5) is 11.7. The lowest BCUT2D eigenvalue weighted by Crippen LogP contribution is -2.35. The molecule has 0 spiro atoms. The fourth-order valence-electron chi connectivity index (χ4n) is 2.13. The van der Waals surface area contributed by atoms with E-state index in [4.69, 9.17) is 5.11 Å². The van der Waals surface area contributed by atoms with Crippen LogP contribution in [0.15, 0.2) is 30.6 Å². The number of imidazole rings is 1. The molecule has 2 aromatic rings. The number of para-hydroxylation sites is 2. The smallest absolute Gasteiger partial charge is 0.244 e. The monoisotopic (exact) mass is 262 g/mol. The third-order valence-corrected chi connectivity index (χ3v) is 3.14. The topological polar surface area (TPSA) is 58.1 Å². The van der Waals surface area contributed by atoms with Crippen LogP contribution in [0.2, 0.25) is 0 Å².